The molecule has 0 spiro atoms. The molecule has 0 bridgehead atoms. The van der Waals surface area contributed by atoms with Crippen LogP contribution in [0, 0.1) is 5.92 Å². The molecule has 32 heavy (non-hydrogen) atoms. The van der Waals surface area contributed by atoms with E-state index in [4.69, 9.17) is 0 Å². The fraction of sp³-hybridized carbons (Fsp3) is 0.520. The topological polar surface area (TPSA) is 69.6 Å². The van der Waals surface area contributed by atoms with E-state index < -0.39 is 0 Å². The molecule has 0 unspecified atom stereocenters. The van der Waals surface area contributed by atoms with E-state index in [-0.39, 0.29) is 11.8 Å². The van der Waals surface area contributed by atoms with Crippen molar-refractivity contribution in [3.05, 3.63) is 54.0 Å². The van der Waals surface area contributed by atoms with Gasteiger partial charge in [-0.15, -0.1) is 0 Å². The van der Waals surface area contributed by atoms with E-state index in [1.54, 1.807) is 18.6 Å². The van der Waals surface area contributed by atoms with Crippen molar-refractivity contribution in [1.29, 1.82) is 0 Å². The van der Waals surface area contributed by atoms with Crippen LogP contribution in [0.15, 0.2) is 42.9 Å². The van der Waals surface area contributed by atoms with E-state index >= 15 is 0 Å². The summed E-state index contributed by atoms with van der Waals surface area (Å²) in [6.07, 6.45) is 12.1. The average Bonchev–Trinajstić information content (AvgIpc) is 2.85. The van der Waals surface area contributed by atoms with Gasteiger partial charge in [-0.2, -0.15) is 0 Å². The Morgan fingerprint density at radius 3 is 2.41 bits per heavy atom. The molecule has 1 aliphatic heterocycles. The molecule has 7 nitrogen and oxygen atoms in total. The standard InChI is InChI=1S/C25H33N5O2/c1-28(19-20-6-3-2-4-7-20)23-10-9-22(18-27-23)25(32)30-14-12-29(13-15-30)24(31)16-21-8-5-11-26-17-21/h5,8-11,17-18,20H,2-4,6-7,12-16,19H2,1H3. The largest absolute Gasteiger partial charge is 0.359 e. The van der Waals surface area contributed by atoms with Gasteiger partial charge in [0.1, 0.15) is 5.82 Å². The first-order valence-corrected chi connectivity index (χ1v) is 11.7. The number of hydrogen-bond acceptors (Lipinski definition) is 5. The van der Waals surface area contributed by atoms with Crippen molar-refractivity contribution in [3.63, 3.8) is 0 Å². The van der Waals surface area contributed by atoms with Gasteiger partial charge < -0.3 is 14.7 Å². The van der Waals surface area contributed by atoms with Gasteiger partial charge in [-0.05, 0) is 42.5 Å². The van der Waals surface area contributed by atoms with E-state index in [1.165, 1.54) is 32.1 Å². The number of aromatic nitrogens is 2. The summed E-state index contributed by atoms with van der Waals surface area (Å²) in [6.45, 7) is 3.22. The quantitative estimate of drug-likeness (QED) is 0.698. The summed E-state index contributed by atoms with van der Waals surface area (Å²) in [5.41, 5.74) is 1.52. The van der Waals surface area contributed by atoms with Crippen molar-refractivity contribution < 1.29 is 9.59 Å². The summed E-state index contributed by atoms with van der Waals surface area (Å²) in [6, 6.07) is 7.58. The number of hydrogen-bond donors (Lipinski definition) is 0. The molecule has 0 atom stereocenters. The lowest BCUT2D eigenvalue weighted by Crippen LogP contribution is -2.51. The second-order valence-corrected chi connectivity index (χ2v) is 9.00. The molecule has 4 rings (SSSR count). The van der Waals surface area contributed by atoms with Gasteiger partial charge in [-0.1, -0.05) is 25.3 Å². The van der Waals surface area contributed by atoms with Crippen LogP contribution in [-0.4, -0.2) is 71.4 Å². The summed E-state index contributed by atoms with van der Waals surface area (Å²) < 4.78 is 0. The van der Waals surface area contributed by atoms with Crippen LogP contribution in [0.3, 0.4) is 0 Å². The average molecular weight is 436 g/mol. The number of piperazine rings is 1. The Morgan fingerprint density at radius 1 is 1.00 bits per heavy atom. The molecule has 3 heterocycles. The van der Waals surface area contributed by atoms with Gasteiger partial charge in [0, 0.05) is 58.4 Å². The van der Waals surface area contributed by atoms with Crippen molar-refractivity contribution in [2.75, 3.05) is 44.7 Å². The molecular formula is C25H33N5O2. The van der Waals surface area contributed by atoms with Gasteiger partial charge in [-0.25, -0.2) is 4.98 Å². The summed E-state index contributed by atoms with van der Waals surface area (Å²) in [5, 5.41) is 0. The highest BCUT2D eigenvalue weighted by molar-refractivity contribution is 5.94. The third-order valence-electron chi connectivity index (χ3n) is 6.64. The molecule has 170 valence electrons. The minimum Gasteiger partial charge on any atom is -0.359 e. The molecule has 1 saturated carbocycles. The first-order valence-electron chi connectivity index (χ1n) is 11.7. The monoisotopic (exact) mass is 435 g/mol. The number of carbonyl (C=O) groups is 2. The van der Waals surface area contributed by atoms with Crippen molar-refractivity contribution >= 4 is 17.6 Å². The Kier molecular flexibility index (Phi) is 7.35. The van der Waals surface area contributed by atoms with Gasteiger partial charge in [0.15, 0.2) is 0 Å². The third kappa shape index (κ3) is 5.64. The van der Waals surface area contributed by atoms with E-state index in [0.29, 0.717) is 38.2 Å². The zero-order valence-electron chi connectivity index (χ0n) is 18.9. The Labute approximate surface area is 190 Å². The first-order chi connectivity index (χ1) is 15.6. The number of nitrogens with zero attached hydrogens (tertiary/aromatic N) is 5. The molecule has 0 aromatic carbocycles. The summed E-state index contributed by atoms with van der Waals surface area (Å²) >= 11 is 0. The van der Waals surface area contributed by atoms with Gasteiger partial charge in [-0.3, -0.25) is 14.6 Å². The summed E-state index contributed by atoms with van der Waals surface area (Å²) in [4.78, 5) is 39.9. The molecule has 1 aliphatic carbocycles. The van der Waals surface area contributed by atoms with E-state index in [0.717, 1.165) is 23.8 Å². The normalized spacial score (nSPS) is 17.3. The Balaban J connectivity index is 1.27. The van der Waals surface area contributed by atoms with Crippen LogP contribution in [0.5, 0.6) is 0 Å². The number of carbonyl (C=O) groups excluding carboxylic acids is 2. The molecule has 0 radical (unpaired) electrons. The molecule has 0 N–H and O–H groups in total. The van der Waals surface area contributed by atoms with Crippen LogP contribution in [-0.2, 0) is 11.2 Å². The highest BCUT2D eigenvalue weighted by atomic mass is 16.2. The lowest BCUT2D eigenvalue weighted by molar-refractivity contribution is -0.131. The van der Waals surface area contributed by atoms with Crippen molar-refractivity contribution in [1.82, 2.24) is 19.8 Å². The fourth-order valence-corrected chi connectivity index (χ4v) is 4.72. The molecular weight excluding hydrogens is 402 g/mol. The molecule has 2 aromatic rings. The van der Waals surface area contributed by atoms with Gasteiger partial charge in [0.05, 0.1) is 12.0 Å². The second kappa shape index (κ2) is 10.6. The van der Waals surface area contributed by atoms with E-state index in [2.05, 4.69) is 21.9 Å². The molecule has 7 heteroatoms. The van der Waals surface area contributed by atoms with Crippen LogP contribution in [0.4, 0.5) is 5.82 Å². The van der Waals surface area contributed by atoms with Crippen molar-refractivity contribution in [3.8, 4) is 0 Å². The van der Waals surface area contributed by atoms with Crippen LogP contribution in [0.2, 0.25) is 0 Å². The SMILES string of the molecule is CN(CC1CCCCC1)c1ccc(C(=O)N2CCN(C(=O)Cc3cccnc3)CC2)cn1. The van der Waals surface area contributed by atoms with Crippen molar-refractivity contribution in [2.45, 2.75) is 38.5 Å². The Morgan fingerprint density at radius 2 is 1.75 bits per heavy atom. The highest BCUT2D eigenvalue weighted by Gasteiger charge is 2.25. The van der Waals surface area contributed by atoms with Crippen LogP contribution < -0.4 is 4.90 Å². The van der Waals surface area contributed by atoms with Gasteiger partial charge >= 0.3 is 0 Å². The third-order valence-corrected chi connectivity index (χ3v) is 6.64. The van der Waals surface area contributed by atoms with Gasteiger partial charge in [0.2, 0.25) is 5.91 Å². The smallest absolute Gasteiger partial charge is 0.255 e. The maximum absolute atomic E-state index is 12.9. The minimum atomic E-state index is -0.0154. The number of pyridine rings is 2. The van der Waals surface area contributed by atoms with Crippen molar-refractivity contribution in [2.24, 2.45) is 5.92 Å². The first kappa shape index (κ1) is 22.2. The minimum absolute atomic E-state index is 0.0154. The molecule has 2 fully saturated rings. The molecule has 2 aliphatic rings. The lowest BCUT2D eigenvalue weighted by Gasteiger charge is -2.35. The maximum Gasteiger partial charge on any atom is 0.255 e. The zero-order chi connectivity index (χ0) is 22.3. The van der Waals surface area contributed by atoms with E-state index in [1.807, 2.05) is 34.1 Å². The Hall–Kier alpha value is -2.96. The second-order valence-electron chi connectivity index (χ2n) is 9.00. The predicted molar refractivity (Wildman–Crippen MR) is 125 cm³/mol. The Bertz CT molecular complexity index is 888. The zero-order valence-corrected chi connectivity index (χ0v) is 18.9. The van der Waals surface area contributed by atoms with E-state index in [9.17, 15) is 9.59 Å². The molecule has 1 saturated heterocycles. The fourth-order valence-electron chi connectivity index (χ4n) is 4.72. The highest BCUT2D eigenvalue weighted by Crippen LogP contribution is 2.25. The van der Waals surface area contributed by atoms with Gasteiger partial charge in [0.25, 0.3) is 5.91 Å². The predicted octanol–water partition coefficient (Wildman–Crippen LogP) is 3.02. The number of rotatable bonds is 6. The summed E-state index contributed by atoms with van der Waals surface area (Å²) in [7, 11) is 2.08. The number of anilines is 1. The molecule has 2 aromatic heterocycles. The van der Waals surface area contributed by atoms with Crippen LogP contribution >= 0.6 is 0 Å². The summed E-state index contributed by atoms with van der Waals surface area (Å²) in [5.74, 6) is 1.72. The number of amides is 2. The maximum atomic E-state index is 12.9. The molecule has 2 amide bonds. The lowest BCUT2D eigenvalue weighted by atomic mass is 9.89. The van der Waals surface area contributed by atoms with Crippen LogP contribution in [0.25, 0.3) is 0 Å². The van der Waals surface area contributed by atoms with Crippen LogP contribution in [0.1, 0.15) is 48.0 Å².